The van der Waals surface area contributed by atoms with E-state index >= 15 is 0 Å². The second-order valence-electron chi connectivity index (χ2n) is 7.31. The zero-order valence-electron chi connectivity index (χ0n) is 16.5. The first-order valence-electron chi connectivity index (χ1n) is 9.75. The van der Waals surface area contributed by atoms with Gasteiger partial charge in [-0.25, -0.2) is 4.79 Å². The van der Waals surface area contributed by atoms with E-state index in [4.69, 9.17) is 13.9 Å². The Kier molecular flexibility index (Phi) is 5.29. The molecule has 1 amide bonds. The highest BCUT2D eigenvalue weighted by Crippen LogP contribution is 2.26. The molecule has 29 heavy (non-hydrogen) atoms. The van der Waals surface area contributed by atoms with Crippen LogP contribution in [0.1, 0.15) is 47.8 Å². The number of aryl methyl sites for hydroxylation is 1. The number of hydrogen-bond acceptors (Lipinski definition) is 5. The molecular weight excluding hydrogens is 372 g/mol. The highest BCUT2D eigenvalue weighted by Gasteiger charge is 2.30. The van der Waals surface area contributed by atoms with Crippen LogP contribution in [0.25, 0.3) is 11.1 Å². The number of carbonyl (C=O) groups is 2. The Morgan fingerprint density at radius 1 is 1.17 bits per heavy atom. The number of nitrogens with zero attached hydrogens (tertiary/aromatic N) is 1. The Hall–Kier alpha value is -3.22. The van der Waals surface area contributed by atoms with E-state index in [2.05, 4.69) is 5.32 Å². The molecule has 1 atom stereocenters. The minimum absolute atomic E-state index is 0.124. The summed E-state index contributed by atoms with van der Waals surface area (Å²) < 4.78 is 17.9. The number of hydrogen-bond donors (Lipinski definition) is 1. The maximum atomic E-state index is 13.0. The van der Waals surface area contributed by atoms with Crippen LogP contribution >= 0.6 is 0 Å². The van der Waals surface area contributed by atoms with E-state index in [1.54, 1.807) is 61.4 Å². The van der Waals surface area contributed by atoms with Gasteiger partial charge in [0, 0.05) is 30.8 Å². The van der Waals surface area contributed by atoms with Gasteiger partial charge in [0.1, 0.15) is 11.4 Å². The Labute approximate surface area is 168 Å². The Morgan fingerprint density at radius 2 is 1.90 bits per heavy atom. The first-order chi connectivity index (χ1) is 14.1. The molecule has 1 saturated carbocycles. The van der Waals surface area contributed by atoms with Gasteiger partial charge in [-0.2, -0.15) is 0 Å². The minimum Gasteiger partial charge on any atom is -0.497 e. The number of benzene rings is 1. The third kappa shape index (κ3) is 3.85. The van der Waals surface area contributed by atoms with Gasteiger partial charge >= 0.3 is 5.97 Å². The summed E-state index contributed by atoms with van der Waals surface area (Å²) in [6.07, 6.45) is 4.61. The zero-order chi connectivity index (χ0) is 20.4. The van der Waals surface area contributed by atoms with E-state index in [9.17, 15) is 9.59 Å². The molecule has 1 aromatic carbocycles. The monoisotopic (exact) mass is 396 g/mol. The molecular formula is C22H24N2O5. The molecule has 3 aromatic rings. The molecule has 7 heteroatoms. The van der Waals surface area contributed by atoms with Gasteiger partial charge in [0.05, 0.1) is 18.9 Å². The molecule has 1 aliphatic rings. The molecule has 2 heterocycles. The van der Waals surface area contributed by atoms with Crippen molar-refractivity contribution in [3.05, 3.63) is 53.9 Å². The molecule has 0 spiro atoms. The minimum atomic E-state index is -1.05. The number of ether oxygens (including phenoxy) is 2. The maximum absolute atomic E-state index is 13.0. The van der Waals surface area contributed by atoms with Crippen LogP contribution in [-0.4, -0.2) is 29.6 Å². The van der Waals surface area contributed by atoms with Gasteiger partial charge in [0.15, 0.2) is 5.58 Å². The van der Waals surface area contributed by atoms with Gasteiger partial charge in [-0.05, 0) is 25.0 Å². The average molecular weight is 396 g/mol. The highest BCUT2D eigenvalue weighted by molar-refractivity contribution is 5.95. The Balaban J connectivity index is 1.59. The van der Waals surface area contributed by atoms with Crippen LogP contribution in [0.15, 0.2) is 47.1 Å². The van der Waals surface area contributed by atoms with Gasteiger partial charge in [0.2, 0.25) is 6.10 Å². The van der Waals surface area contributed by atoms with Crippen LogP contribution in [0, 0.1) is 0 Å². The summed E-state index contributed by atoms with van der Waals surface area (Å²) in [6.45, 7) is 0. The molecule has 2 aromatic heterocycles. The van der Waals surface area contributed by atoms with E-state index < -0.39 is 12.1 Å². The number of methoxy groups -OCH3 is 1. The second kappa shape index (κ2) is 8.03. The Morgan fingerprint density at radius 3 is 2.55 bits per heavy atom. The topological polar surface area (TPSA) is 82.7 Å². The molecule has 0 bridgehead atoms. The predicted molar refractivity (Wildman–Crippen MR) is 107 cm³/mol. The Bertz CT molecular complexity index is 1010. The van der Waals surface area contributed by atoms with Crippen molar-refractivity contribution in [1.82, 2.24) is 9.88 Å². The van der Waals surface area contributed by atoms with Crippen molar-refractivity contribution >= 4 is 23.0 Å². The molecule has 1 fully saturated rings. The smallest absolute Gasteiger partial charge is 0.356 e. The number of rotatable bonds is 6. The summed E-state index contributed by atoms with van der Waals surface area (Å²) >= 11 is 0. The van der Waals surface area contributed by atoms with Gasteiger partial charge in [-0.3, -0.25) is 4.79 Å². The van der Waals surface area contributed by atoms with Crippen LogP contribution in [-0.2, 0) is 16.6 Å². The molecule has 1 aliphatic carbocycles. The van der Waals surface area contributed by atoms with Crippen molar-refractivity contribution in [1.29, 1.82) is 0 Å². The van der Waals surface area contributed by atoms with Gasteiger partial charge in [-0.1, -0.05) is 25.0 Å². The third-order valence-electron chi connectivity index (χ3n) is 5.46. The summed E-state index contributed by atoms with van der Waals surface area (Å²) in [5, 5.41) is 3.03. The third-order valence-corrected chi connectivity index (χ3v) is 5.46. The quantitative estimate of drug-likeness (QED) is 0.642. The normalized spacial score (nSPS) is 15.4. The van der Waals surface area contributed by atoms with Crippen molar-refractivity contribution in [3.8, 4) is 5.75 Å². The van der Waals surface area contributed by atoms with Crippen molar-refractivity contribution in [3.63, 3.8) is 0 Å². The lowest BCUT2D eigenvalue weighted by Crippen LogP contribution is -2.38. The van der Waals surface area contributed by atoms with Crippen LogP contribution < -0.4 is 10.1 Å². The van der Waals surface area contributed by atoms with Crippen molar-refractivity contribution in [2.45, 2.75) is 37.8 Å². The van der Waals surface area contributed by atoms with Crippen molar-refractivity contribution in [2.75, 3.05) is 7.11 Å². The molecule has 0 saturated heterocycles. The van der Waals surface area contributed by atoms with E-state index in [0.717, 1.165) is 31.2 Å². The molecule has 152 valence electrons. The number of esters is 1. The zero-order valence-corrected chi connectivity index (χ0v) is 16.5. The summed E-state index contributed by atoms with van der Waals surface area (Å²) in [4.78, 5) is 25.9. The summed E-state index contributed by atoms with van der Waals surface area (Å²) in [7, 11) is 3.33. The van der Waals surface area contributed by atoms with E-state index in [1.165, 1.54) is 0 Å². The molecule has 0 aliphatic heterocycles. The lowest BCUT2D eigenvalue weighted by atomic mass is 10.1. The van der Waals surface area contributed by atoms with Crippen LogP contribution in [0.3, 0.4) is 0 Å². The number of furan rings is 1. The number of fused-ring (bicyclic) bond motifs is 1. The fraction of sp³-hybridized carbons (Fsp3) is 0.364. The molecule has 4 rings (SSSR count). The number of nitrogens with one attached hydrogen (secondary N) is 1. The summed E-state index contributed by atoms with van der Waals surface area (Å²) in [6, 6.07) is 10.5. The summed E-state index contributed by atoms with van der Waals surface area (Å²) in [5.74, 6) is -0.229. The number of aromatic nitrogens is 1. The first kappa shape index (κ1) is 19.1. The standard InChI is InChI=1S/C22H24N2O5/c1-24-17-11-12-28-19(17)13-18(24)22(26)29-20(14-7-9-16(27-2)10-8-14)21(25)23-15-5-3-4-6-15/h7-13,15,20H,3-6H2,1-2H3,(H,23,25)/t20-/m0/s1. The SMILES string of the molecule is COc1ccc([C@H](OC(=O)c2cc3occc3n2C)C(=O)NC2CCCC2)cc1. The van der Waals surface area contributed by atoms with Gasteiger partial charge in [0.25, 0.3) is 5.91 Å². The highest BCUT2D eigenvalue weighted by atomic mass is 16.5. The van der Waals surface area contributed by atoms with Crippen LogP contribution in [0.2, 0.25) is 0 Å². The van der Waals surface area contributed by atoms with Gasteiger partial charge in [-0.15, -0.1) is 0 Å². The lowest BCUT2D eigenvalue weighted by molar-refractivity contribution is -0.131. The molecule has 0 radical (unpaired) electrons. The fourth-order valence-electron chi connectivity index (χ4n) is 3.81. The number of amides is 1. The fourth-order valence-corrected chi connectivity index (χ4v) is 3.81. The van der Waals surface area contributed by atoms with Crippen LogP contribution in [0.5, 0.6) is 5.75 Å². The average Bonchev–Trinajstić information content (AvgIpc) is 3.46. The largest absolute Gasteiger partial charge is 0.497 e. The maximum Gasteiger partial charge on any atom is 0.356 e. The van der Waals surface area contributed by atoms with E-state index in [-0.39, 0.29) is 11.9 Å². The lowest BCUT2D eigenvalue weighted by Gasteiger charge is -2.21. The predicted octanol–water partition coefficient (Wildman–Crippen LogP) is 3.74. The first-order valence-corrected chi connectivity index (χ1v) is 9.75. The molecule has 1 N–H and O–H groups in total. The summed E-state index contributed by atoms with van der Waals surface area (Å²) in [5.41, 5.74) is 2.29. The van der Waals surface area contributed by atoms with Crippen molar-refractivity contribution in [2.24, 2.45) is 7.05 Å². The van der Waals surface area contributed by atoms with E-state index in [1.807, 2.05) is 0 Å². The molecule has 7 nitrogen and oxygen atoms in total. The second-order valence-corrected chi connectivity index (χ2v) is 7.31. The van der Waals surface area contributed by atoms with Crippen LogP contribution in [0.4, 0.5) is 0 Å². The van der Waals surface area contributed by atoms with Crippen molar-refractivity contribution < 1.29 is 23.5 Å². The van der Waals surface area contributed by atoms with Gasteiger partial charge < -0.3 is 23.8 Å². The van der Waals surface area contributed by atoms with E-state index in [0.29, 0.717) is 22.6 Å². The molecule has 0 unspecified atom stereocenters. The number of carbonyl (C=O) groups excluding carboxylic acids is 2.